The Bertz CT molecular complexity index is 3460. The molecular formula is C62H61N3O. The maximum atomic E-state index is 12.6. The molecule has 0 unspecified atom stereocenters. The lowest BCUT2D eigenvalue weighted by molar-refractivity contribution is 0.446. The molecule has 1 N–H and O–H groups in total. The number of nitrogens with zero attached hydrogens (tertiary/aromatic N) is 3. The lowest BCUT2D eigenvalue weighted by atomic mass is 9.79. The van der Waals surface area contributed by atoms with Crippen molar-refractivity contribution >= 4 is 11.0 Å². The van der Waals surface area contributed by atoms with Gasteiger partial charge in [-0.15, -0.1) is 0 Å². The fraction of sp³-hybridized carbons (Fsp3) is 0.226. The molecule has 0 saturated heterocycles. The van der Waals surface area contributed by atoms with Gasteiger partial charge in [-0.1, -0.05) is 177 Å². The van der Waals surface area contributed by atoms with Crippen LogP contribution in [0.2, 0.25) is 0 Å². The first kappa shape index (κ1) is 37.2. The van der Waals surface area contributed by atoms with Crippen LogP contribution in [0.1, 0.15) is 98.4 Å². The van der Waals surface area contributed by atoms with Gasteiger partial charge in [0.05, 0.1) is 28.0 Å². The summed E-state index contributed by atoms with van der Waals surface area (Å²) in [4.78, 5) is 10.5. The molecule has 0 bridgehead atoms. The van der Waals surface area contributed by atoms with Crippen molar-refractivity contribution in [2.24, 2.45) is 0 Å². The monoisotopic (exact) mass is 870 g/mol. The van der Waals surface area contributed by atoms with Crippen LogP contribution in [0, 0.1) is 13.7 Å². The third kappa shape index (κ3) is 8.61. The minimum Gasteiger partial charge on any atom is -0.507 e. The number of hydrogen-bond donors (Lipinski definition) is 1. The van der Waals surface area contributed by atoms with Crippen LogP contribution < -0.4 is 0 Å². The average Bonchev–Trinajstić information content (AvgIpc) is 3.72. The number of rotatable bonds is 7. The number of aryl methyl sites for hydroxylation is 2. The molecule has 0 radical (unpaired) electrons. The molecule has 4 heteroatoms. The van der Waals surface area contributed by atoms with Crippen LogP contribution in [0.5, 0.6) is 5.75 Å². The molecular weight excluding hydrogens is 803 g/mol. The van der Waals surface area contributed by atoms with Gasteiger partial charge >= 0.3 is 0 Å². The van der Waals surface area contributed by atoms with Crippen LogP contribution in [-0.2, 0) is 16.2 Å². The summed E-state index contributed by atoms with van der Waals surface area (Å²) in [5.74, 6) is 0.799. The summed E-state index contributed by atoms with van der Waals surface area (Å²) in [5, 5.41) is 12.6. The predicted octanol–water partition coefficient (Wildman–Crippen LogP) is 16.6. The number of pyridine rings is 1. The molecule has 66 heavy (non-hydrogen) atoms. The van der Waals surface area contributed by atoms with Crippen LogP contribution in [-0.4, -0.2) is 19.6 Å². The number of aromatic nitrogens is 3. The van der Waals surface area contributed by atoms with Crippen molar-refractivity contribution in [3.8, 4) is 78.6 Å². The second-order valence-corrected chi connectivity index (χ2v) is 20.6. The molecule has 0 aliphatic rings. The summed E-state index contributed by atoms with van der Waals surface area (Å²) in [5.41, 5.74) is 13.7. The number of phenols is 1. The van der Waals surface area contributed by atoms with Gasteiger partial charge in [0.1, 0.15) is 11.6 Å². The minimum absolute atomic E-state index is 0.0427. The first-order valence-corrected chi connectivity index (χ1v) is 22.7. The van der Waals surface area contributed by atoms with E-state index in [9.17, 15) is 5.11 Å². The van der Waals surface area contributed by atoms with Crippen molar-refractivity contribution < 1.29 is 13.3 Å². The Labute approximate surface area is 400 Å². The Morgan fingerprint density at radius 3 is 1.74 bits per heavy atom. The molecule has 0 spiro atoms. The number of aromatic hydroxyl groups is 1. The SMILES string of the molecule is [2H]C([2H])([2H])c1cc(-c2ccnc(-c3cc(-c4ccccc4)cc(-c4cccc5c4nc(-c4cc(C(C)(C)C)cc(C(C)(C)C)c4O)n5-c4ccc(C(C)(C)C)cc4-c4ccccc4)c3)c2)cc(C([2H])([2H])[2H])c1. The maximum Gasteiger partial charge on any atom is 0.149 e. The second-order valence-electron chi connectivity index (χ2n) is 20.6. The van der Waals surface area contributed by atoms with E-state index in [2.05, 4.69) is 170 Å². The van der Waals surface area contributed by atoms with E-state index < -0.39 is 13.7 Å². The zero-order chi connectivity index (χ0) is 51.7. The molecule has 0 atom stereocenters. The van der Waals surface area contributed by atoms with Gasteiger partial charge in [0.25, 0.3) is 0 Å². The van der Waals surface area contributed by atoms with E-state index in [1.807, 2.05) is 30.3 Å². The molecule has 7 aromatic carbocycles. The third-order valence-electron chi connectivity index (χ3n) is 12.6. The van der Waals surface area contributed by atoms with Crippen LogP contribution in [0.4, 0.5) is 0 Å². The third-order valence-corrected chi connectivity index (χ3v) is 12.6. The van der Waals surface area contributed by atoms with Crippen molar-refractivity contribution in [1.82, 2.24) is 14.5 Å². The van der Waals surface area contributed by atoms with Crippen molar-refractivity contribution in [2.75, 3.05) is 0 Å². The summed E-state index contributed by atoms with van der Waals surface area (Å²) < 4.78 is 51.2. The average molecular weight is 870 g/mol. The van der Waals surface area contributed by atoms with Crippen molar-refractivity contribution in [3.05, 3.63) is 192 Å². The zero-order valence-electron chi connectivity index (χ0n) is 45.4. The Kier molecular flexibility index (Phi) is 9.44. The first-order valence-electron chi connectivity index (χ1n) is 25.7. The Morgan fingerprint density at radius 2 is 1.09 bits per heavy atom. The highest BCUT2D eigenvalue weighted by atomic mass is 16.3. The molecule has 2 aromatic heterocycles. The van der Waals surface area contributed by atoms with E-state index in [0.29, 0.717) is 28.2 Å². The Balaban J connectivity index is 1.34. The number of fused-ring (bicyclic) bond motifs is 1. The van der Waals surface area contributed by atoms with E-state index in [0.717, 1.165) is 66.8 Å². The van der Waals surface area contributed by atoms with Crippen molar-refractivity contribution in [2.45, 2.75) is 92.3 Å². The summed E-state index contributed by atoms with van der Waals surface area (Å²) in [7, 11) is 0. The summed E-state index contributed by atoms with van der Waals surface area (Å²) >= 11 is 0. The summed E-state index contributed by atoms with van der Waals surface area (Å²) in [6, 6.07) is 52.1. The fourth-order valence-corrected chi connectivity index (χ4v) is 8.90. The number of para-hydroxylation sites is 1. The number of benzene rings is 7. The summed E-state index contributed by atoms with van der Waals surface area (Å²) in [6.07, 6.45) is 1.67. The fourth-order valence-electron chi connectivity index (χ4n) is 8.90. The van der Waals surface area contributed by atoms with E-state index in [-0.39, 0.29) is 33.1 Å². The number of phenolic OH excluding ortho intramolecular Hbond substituents is 1. The normalized spacial score (nSPS) is 14.0. The molecule has 0 fully saturated rings. The maximum absolute atomic E-state index is 12.6. The van der Waals surface area contributed by atoms with E-state index in [4.69, 9.17) is 18.2 Å². The van der Waals surface area contributed by atoms with E-state index in [1.165, 1.54) is 11.6 Å². The van der Waals surface area contributed by atoms with Gasteiger partial charge in [0, 0.05) is 36.7 Å². The molecule has 0 aliphatic carbocycles. The lowest BCUT2D eigenvalue weighted by Gasteiger charge is -2.28. The highest BCUT2D eigenvalue weighted by Gasteiger charge is 2.30. The second kappa shape index (κ2) is 16.7. The van der Waals surface area contributed by atoms with E-state index in [1.54, 1.807) is 24.4 Å². The van der Waals surface area contributed by atoms with Crippen LogP contribution in [0.25, 0.3) is 83.9 Å². The van der Waals surface area contributed by atoms with Crippen molar-refractivity contribution in [3.63, 3.8) is 0 Å². The van der Waals surface area contributed by atoms with Gasteiger partial charge in [-0.05, 0) is 129 Å². The molecule has 330 valence electrons. The van der Waals surface area contributed by atoms with Crippen LogP contribution >= 0.6 is 0 Å². The number of imidazole rings is 1. The van der Waals surface area contributed by atoms with Gasteiger partial charge in [0.2, 0.25) is 0 Å². The highest BCUT2D eigenvalue weighted by molar-refractivity contribution is 5.98. The predicted molar refractivity (Wildman–Crippen MR) is 279 cm³/mol. The standard InChI is InChI=1S/C62H61N3O/c1-39-29-40(2)31-44(30-39)43-27-28-63-54(35-43)47-33-45(41-19-14-12-15-20-41)32-46(34-47)50-23-18-24-56-57(50)64-59(52-37-49(61(6,7)8)38-53(58(52)66)62(9,10)11)65(56)55-26-25-48(60(3,4)5)36-51(55)42-21-16-13-17-22-42/h12-38,66H,1-11H3/i1D3,2D3. The largest absolute Gasteiger partial charge is 0.507 e. The Hall–Kier alpha value is -7.04. The summed E-state index contributed by atoms with van der Waals surface area (Å²) in [6.45, 7) is 14.6. The van der Waals surface area contributed by atoms with Gasteiger partial charge in [-0.25, -0.2) is 4.98 Å². The highest BCUT2D eigenvalue weighted by Crippen LogP contribution is 2.46. The molecule has 9 aromatic rings. The van der Waals surface area contributed by atoms with Crippen molar-refractivity contribution in [1.29, 1.82) is 0 Å². The molecule has 2 heterocycles. The lowest BCUT2D eigenvalue weighted by Crippen LogP contribution is -2.17. The van der Waals surface area contributed by atoms with E-state index >= 15 is 0 Å². The topological polar surface area (TPSA) is 50.9 Å². The van der Waals surface area contributed by atoms with Gasteiger partial charge in [0.15, 0.2) is 0 Å². The number of hydrogen-bond acceptors (Lipinski definition) is 3. The molecule has 9 rings (SSSR count). The smallest absolute Gasteiger partial charge is 0.149 e. The first-order chi connectivity index (χ1) is 33.8. The zero-order valence-corrected chi connectivity index (χ0v) is 39.4. The Morgan fingerprint density at radius 1 is 0.470 bits per heavy atom. The van der Waals surface area contributed by atoms with Gasteiger partial charge < -0.3 is 5.11 Å². The van der Waals surface area contributed by atoms with Crippen LogP contribution in [0.3, 0.4) is 0 Å². The molecule has 0 amide bonds. The molecule has 0 saturated carbocycles. The molecule has 0 aliphatic heterocycles. The van der Waals surface area contributed by atoms with Crippen LogP contribution in [0.15, 0.2) is 164 Å². The molecule has 4 nitrogen and oxygen atoms in total. The van der Waals surface area contributed by atoms with Gasteiger partial charge in [-0.2, -0.15) is 0 Å². The minimum atomic E-state index is -2.51. The quantitative estimate of drug-likeness (QED) is 0.174. The van der Waals surface area contributed by atoms with Gasteiger partial charge in [-0.3, -0.25) is 9.55 Å².